The second-order valence-electron chi connectivity index (χ2n) is 5.85. The maximum atomic E-state index is 5.47. The van der Waals surface area contributed by atoms with Gasteiger partial charge in [0.15, 0.2) is 11.5 Å². The van der Waals surface area contributed by atoms with Crippen LogP contribution in [-0.4, -0.2) is 33.6 Å². The number of rotatable bonds is 10. The van der Waals surface area contributed by atoms with Gasteiger partial charge in [0.25, 0.3) is 0 Å². The molecule has 136 valence electrons. The molecule has 25 heavy (non-hydrogen) atoms. The zero-order chi connectivity index (χ0) is 18.1. The predicted octanol–water partition coefficient (Wildman–Crippen LogP) is 4.23. The third kappa shape index (κ3) is 5.58. The van der Waals surface area contributed by atoms with Crippen LogP contribution in [0.2, 0.25) is 0 Å². The number of hydrogen-bond acceptors (Lipinski definition) is 5. The zero-order valence-electron chi connectivity index (χ0n) is 15.4. The molecule has 4 nitrogen and oxygen atoms in total. The van der Waals surface area contributed by atoms with Crippen molar-refractivity contribution in [3.05, 3.63) is 48.0 Å². The molecule has 2 aromatic carbocycles. The van der Waals surface area contributed by atoms with E-state index in [9.17, 15) is 0 Å². The molecule has 0 aliphatic heterocycles. The third-order valence-electron chi connectivity index (χ3n) is 3.89. The van der Waals surface area contributed by atoms with Gasteiger partial charge in [0.05, 0.1) is 21.3 Å². The minimum atomic E-state index is 0.534. The Bertz CT molecular complexity index is 663. The normalized spacial score (nSPS) is 11.8. The molecule has 0 saturated heterocycles. The van der Waals surface area contributed by atoms with Gasteiger partial charge < -0.3 is 19.5 Å². The highest BCUT2D eigenvalue weighted by molar-refractivity contribution is 7.99. The van der Waals surface area contributed by atoms with Crippen LogP contribution in [0.1, 0.15) is 12.5 Å². The van der Waals surface area contributed by atoms with Crippen LogP contribution in [0.5, 0.6) is 17.2 Å². The molecule has 1 N–H and O–H groups in total. The van der Waals surface area contributed by atoms with Crippen LogP contribution in [-0.2, 0) is 6.54 Å². The van der Waals surface area contributed by atoms with Crippen LogP contribution >= 0.6 is 11.8 Å². The van der Waals surface area contributed by atoms with Crippen LogP contribution in [0.15, 0.2) is 47.4 Å². The van der Waals surface area contributed by atoms with Gasteiger partial charge in [0, 0.05) is 22.8 Å². The summed E-state index contributed by atoms with van der Waals surface area (Å²) in [6, 6.07) is 14.1. The Morgan fingerprint density at radius 2 is 1.64 bits per heavy atom. The van der Waals surface area contributed by atoms with Crippen molar-refractivity contribution in [2.24, 2.45) is 5.92 Å². The maximum absolute atomic E-state index is 5.47. The molecule has 0 radical (unpaired) electrons. The Labute approximate surface area is 154 Å². The Morgan fingerprint density at radius 3 is 2.36 bits per heavy atom. The van der Waals surface area contributed by atoms with E-state index in [1.165, 1.54) is 4.90 Å². The van der Waals surface area contributed by atoms with Crippen molar-refractivity contribution < 1.29 is 14.2 Å². The number of hydrogen-bond donors (Lipinski definition) is 1. The smallest absolute Gasteiger partial charge is 0.165 e. The lowest BCUT2D eigenvalue weighted by Gasteiger charge is -2.16. The highest BCUT2D eigenvalue weighted by atomic mass is 32.2. The van der Waals surface area contributed by atoms with E-state index in [4.69, 9.17) is 14.2 Å². The number of ether oxygens (including phenoxy) is 3. The number of methoxy groups -OCH3 is 3. The summed E-state index contributed by atoms with van der Waals surface area (Å²) in [6.45, 7) is 3.94. The van der Waals surface area contributed by atoms with Crippen molar-refractivity contribution in [3.8, 4) is 17.2 Å². The van der Waals surface area contributed by atoms with Gasteiger partial charge in [0.1, 0.15) is 5.75 Å². The van der Waals surface area contributed by atoms with Gasteiger partial charge >= 0.3 is 0 Å². The van der Waals surface area contributed by atoms with Gasteiger partial charge in [-0.2, -0.15) is 0 Å². The molecule has 2 rings (SSSR count). The highest BCUT2D eigenvalue weighted by Crippen LogP contribution is 2.31. The molecule has 0 fully saturated rings. The van der Waals surface area contributed by atoms with Crippen molar-refractivity contribution in [1.82, 2.24) is 5.32 Å². The van der Waals surface area contributed by atoms with E-state index >= 15 is 0 Å². The lowest BCUT2D eigenvalue weighted by molar-refractivity contribution is 0.350. The monoisotopic (exact) mass is 361 g/mol. The molecule has 1 unspecified atom stereocenters. The largest absolute Gasteiger partial charge is 0.496 e. The molecule has 0 bridgehead atoms. The Morgan fingerprint density at radius 1 is 0.920 bits per heavy atom. The van der Waals surface area contributed by atoms with Crippen LogP contribution in [0.3, 0.4) is 0 Å². The van der Waals surface area contributed by atoms with E-state index in [2.05, 4.69) is 24.4 Å². The summed E-state index contributed by atoms with van der Waals surface area (Å²) in [6.07, 6.45) is 0. The number of nitrogens with one attached hydrogen (secondary N) is 1. The van der Waals surface area contributed by atoms with E-state index in [-0.39, 0.29) is 0 Å². The molecular weight excluding hydrogens is 334 g/mol. The minimum absolute atomic E-state index is 0.534. The standard InChI is InChI=1S/C20H27NO3S/c1-15(14-25-19-11-6-5-9-17(19)22-2)12-21-13-16-8-7-10-18(23-3)20(16)24-4/h5-11,15,21H,12-14H2,1-4H3. The fourth-order valence-corrected chi connectivity index (χ4v) is 3.63. The summed E-state index contributed by atoms with van der Waals surface area (Å²) < 4.78 is 16.2. The van der Waals surface area contributed by atoms with E-state index in [0.29, 0.717) is 5.92 Å². The summed E-state index contributed by atoms with van der Waals surface area (Å²) in [7, 11) is 5.05. The average molecular weight is 362 g/mol. The summed E-state index contributed by atoms with van der Waals surface area (Å²) >= 11 is 1.83. The van der Waals surface area contributed by atoms with Gasteiger partial charge in [-0.1, -0.05) is 31.2 Å². The molecule has 0 spiro atoms. The minimum Gasteiger partial charge on any atom is -0.496 e. The molecule has 0 aliphatic rings. The van der Waals surface area contributed by atoms with Crippen LogP contribution in [0, 0.1) is 5.92 Å². The first-order valence-electron chi connectivity index (χ1n) is 8.36. The topological polar surface area (TPSA) is 39.7 Å². The fourth-order valence-electron chi connectivity index (χ4n) is 2.58. The molecule has 0 heterocycles. The highest BCUT2D eigenvalue weighted by Gasteiger charge is 2.10. The predicted molar refractivity (Wildman–Crippen MR) is 104 cm³/mol. The molecule has 5 heteroatoms. The van der Waals surface area contributed by atoms with Crippen molar-refractivity contribution in [2.75, 3.05) is 33.6 Å². The Hall–Kier alpha value is -1.85. The zero-order valence-corrected chi connectivity index (χ0v) is 16.2. The maximum Gasteiger partial charge on any atom is 0.165 e. The first-order valence-corrected chi connectivity index (χ1v) is 9.34. The van der Waals surface area contributed by atoms with Crippen molar-refractivity contribution in [2.45, 2.75) is 18.4 Å². The summed E-state index contributed by atoms with van der Waals surface area (Å²) in [4.78, 5) is 1.19. The van der Waals surface area contributed by atoms with E-state index < -0.39 is 0 Å². The molecule has 1 atom stereocenters. The first-order chi connectivity index (χ1) is 12.2. The van der Waals surface area contributed by atoms with Crippen LogP contribution < -0.4 is 19.5 Å². The SMILES string of the molecule is COc1ccccc1SCC(C)CNCc1cccc(OC)c1OC. The number of para-hydroxylation sites is 2. The first kappa shape index (κ1) is 19.5. The lowest BCUT2D eigenvalue weighted by atomic mass is 10.1. The Kier molecular flexibility index (Phi) is 7.95. The van der Waals surface area contributed by atoms with Crippen molar-refractivity contribution in [1.29, 1.82) is 0 Å². The van der Waals surface area contributed by atoms with Crippen molar-refractivity contribution >= 4 is 11.8 Å². The van der Waals surface area contributed by atoms with Gasteiger partial charge in [-0.05, 0) is 30.7 Å². The van der Waals surface area contributed by atoms with Crippen molar-refractivity contribution in [3.63, 3.8) is 0 Å². The molecule has 0 aromatic heterocycles. The second-order valence-corrected chi connectivity index (χ2v) is 6.91. The average Bonchev–Trinajstić information content (AvgIpc) is 2.66. The molecule has 2 aromatic rings. The quantitative estimate of drug-likeness (QED) is 0.641. The third-order valence-corrected chi connectivity index (χ3v) is 5.27. The van der Waals surface area contributed by atoms with E-state index in [0.717, 1.165) is 41.7 Å². The fraction of sp³-hybridized carbons (Fsp3) is 0.400. The van der Waals surface area contributed by atoms with Gasteiger partial charge in [0.2, 0.25) is 0 Å². The van der Waals surface area contributed by atoms with Crippen LogP contribution in [0.4, 0.5) is 0 Å². The van der Waals surface area contributed by atoms with E-state index in [1.54, 1.807) is 21.3 Å². The molecule has 0 amide bonds. The lowest BCUT2D eigenvalue weighted by Crippen LogP contribution is -2.22. The summed E-state index contributed by atoms with van der Waals surface area (Å²) in [5.74, 6) is 4.07. The summed E-state index contributed by atoms with van der Waals surface area (Å²) in [5, 5.41) is 3.51. The molecular formula is C20H27NO3S. The van der Waals surface area contributed by atoms with Crippen LogP contribution in [0.25, 0.3) is 0 Å². The number of benzene rings is 2. The van der Waals surface area contributed by atoms with E-state index in [1.807, 2.05) is 42.1 Å². The Balaban J connectivity index is 1.82. The second kappa shape index (κ2) is 10.2. The number of thioether (sulfide) groups is 1. The summed E-state index contributed by atoms with van der Waals surface area (Å²) in [5.41, 5.74) is 1.10. The van der Waals surface area contributed by atoms with Gasteiger partial charge in [-0.15, -0.1) is 11.8 Å². The molecule has 0 aliphatic carbocycles. The van der Waals surface area contributed by atoms with Gasteiger partial charge in [-0.25, -0.2) is 0 Å². The van der Waals surface area contributed by atoms with Gasteiger partial charge in [-0.3, -0.25) is 0 Å². The molecule has 0 saturated carbocycles.